The molecule has 0 unspecified atom stereocenters. The Labute approximate surface area is 166 Å². The van der Waals surface area contributed by atoms with E-state index >= 15 is 0 Å². The summed E-state index contributed by atoms with van der Waals surface area (Å²) in [6.07, 6.45) is 3.93. The molecule has 1 aliphatic heterocycles. The largest absolute Gasteiger partial charge is 0.324 e. The second-order valence-electron chi connectivity index (χ2n) is 7.71. The first-order valence-electron chi connectivity index (χ1n) is 9.69. The summed E-state index contributed by atoms with van der Waals surface area (Å²) in [7, 11) is -3.60. The van der Waals surface area contributed by atoms with E-state index in [-0.39, 0.29) is 17.5 Å². The molecule has 6 nitrogen and oxygen atoms in total. The first-order chi connectivity index (χ1) is 13.5. The second kappa shape index (κ2) is 7.93. The average molecular weight is 400 g/mol. The van der Waals surface area contributed by atoms with Crippen LogP contribution < -0.4 is 10.0 Å². The standard InChI is InChI=1S/C21H25N3O3S/c25-21(24-14-18(15-24)12-16-6-7-16)23-19-8-10-20(11-9-19)28(26,27)22-13-17-4-2-1-3-5-17/h1-5,8-11,16,18,22H,6-7,12-15H2,(H,23,25). The number of hydrogen-bond acceptors (Lipinski definition) is 3. The topological polar surface area (TPSA) is 78.5 Å². The summed E-state index contributed by atoms with van der Waals surface area (Å²) in [5.74, 6) is 1.53. The Morgan fingerprint density at radius 1 is 0.964 bits per heavy atom. The first kappa shape index (κ1) is 19.0. The summed E-state index contributed by atoms with van der Waals surface area (Å²) < 4.78 is 27.4. The minimum atomic E-state index is -3.60. The maximum atomic E-state index is 12.4. The lowest BCUT2D eigenvalue weighted by Crippen LogP contribution is -2.51. The number of rotatable bonds is 7. The van der Waals surface area contributed by atoms with E-state index in [0.717, 1.165) is 24.6 Å². The zero-order chi connectivity index (χ0) is 19.6. The van der Waals surface area contributed by atoms with Gasteiger partial charge in [-0.25, -0.2) is 17.9 Å². The van der Waals surface area contributed by atoms with Crippen molar-refractivity contribution in [3.63, 3.8) is 0 Å². The number of urea groups is 1. The van der Waals surface area contributed by atoms with Crippen LogP contribution in [0, 0.1) is 11.8 Å². The number of hydrogen-bond donors (Lipinski definition) is 2. The Hall–Kier alpha value is -2.38. The molecule has 1 saturated carbocycles. The lowest BCUT2D eigenvalue weighted by molar-refractivity contribution is 0.122. The van der Waals surface area contributed by atoms with Crippen LogP contribution in [0.3, 0.4) is 0 Å². The SMILES string of the molecule is O=C(Nc1ccc(S(=O)(=O)NCc2ccccc2)cc1)N1CC(CC2CC2)C1. The van der Waals surface area contributed by atoms with Gasteiger partial charge in [0, 0.05) is 25.3 Å². The normalized spacial score (nSPS) is 17.2. The predicted octanol–water partition coefficient (Wildman–Crippen LogP) is 3.43. The van der Waals surface area contributed by atoms with Gasteiger partial charge in [-0.15, -0.1) is 0 Å². The molecule has 2 fully saturated rings. The van der Waals surface area contributed by atoms with E-state index in [1.807, 2.05) is 30.3 Å². The highest BCUT2D eigenvalue weighted by Crippen LogP contribution is 2.38. The number of anilines is 1. The van der Waals surface area contributed by atoms with Gasteiger partial charge in [0.15, 0.2) is 0 Å². The number of nitrogens with one attached hydrogen (secondary N) is 2. The van der Waals surface area contributed by atoms with E-state index in [9.17, 15) is 13.2 Å². The Kier molecular flexibility index (Phi) is 5.37. The first-order valence-corrected chi connectivity index (χ1v) is 11.2. The van der Waals surface area contributed by atoms with Crippen molar-refractivity contribution in [3.8, 4) is 0 Å². The van der Waals surface area contributed by atoms with E-state index in [4.69, 9.17) is 0 Å². The van der Waals surface area contributed by atoms with Crippen LogP contribution in [0.25, 0.3) is 0 Å². The number of carbonyl (C=O) groups excluding carboxylic acids is 1. The quantitative estimate of drug-likeness (QED) is 0.749. The fourth-order valence-corrected chi connectivity index (χ4v) is 4.50. The van der Waals surface area contributed by atoms with E-state index in [0.29, 0.717) is 11.6 Å². The summed E-state index contributed by atoms with van der Waals surface area (Å²) in [6.45, 7) is 1.87. The van der Waals surface area contributed by atoms with Crippen molar-refractivity contribution in [2.45, 2.75) is 30.7 Å². The molecule has 1 heterocycles. The van der Waals surface area contributed by atoms with Crippen LogP contribution in [0.4, 0.5) is 10.5 Å². The van der Waals surface area contributed by atoms with Crippen LogP contribution in [0.1, 0.15) is 24.8 Å². The fraction of sp³-hybridized carbons (Fsp3) is 0.381. The molecule has 0 spiro atoms. The molecule has 2 N–H and O–H groups in total. The summed E-state index contributed by atoms with van der Waals surface area (Å²) in [5.41, 5.74) is 1.49. The van der Waals surface area contributed by atoms with Crippen molar-refractivity contribution < 1.29 is 13.2 Å². The van der Waals surface area contributed by atoms with E-state index in [1.165, 1.54) is 31.4 Å². The summed E-state index contributed by atoms with van der Waals surface area (Å²) in [6, 6.07) is 15.5. The van der Waals surface area contributed by atoms with Crippen LogP contribution >= 0.6 is 0 Å². The molecule has 0 aromatic heterocycles. The number of nitrogens with zero attached hydrogens (tertiary/aromatic N) is 1. The molecule has 0 radical (unpaired) electrons. The van der Waals surface area contributed by atoms with Gasteiger partial charge < -0.3 is 10.2 Å². The molecule has 4 rings (SSSR count). The molecule has 2 aromatic carbocycles. The molecule has 148 valence electrons. The number of sulfonamides is 1. The highest BCUT2D eigenvalue weighted by Gasteiger charge is 2.35. The van der Waals surface area contributed by atoms with Gasteiger partial charge in [-0.1, -0.05) is 43.2 Å². The molecule has 2 amide bonds. The van der Waals surface area contributed by atoms with Crippen LogP contribution in [0.5, 0.6) is 0 Å². The van der Waals surface area contributed by atoms with Gasteiger partial charge in [0.2, 0.25) is 10.0 Å². The van der Waals surface area contributed by atoms with E-state index in [1.54, 1.807) is 17.0 Å². The Balaban J connectivity index is 1.28. The minimum absolute atomic E-state index is 0.121. The van der Waals surface area contributed by atoms with Crippen molar-refractivity contribution >= 4 is 21.7 Å². The Bertz CT molecular complexity index is 919. The van der Waals surface area contributed by atoms with Crippen molar-refractivity contribution in [3.05, 3.63) is 60.2 Å². The van der Waals surface area contributed by atoms with Gasteiger partial charge in [-0.3, -0.25) is 0 Å². The van der Waals surface area contributed by atoms with Gasteiger partial charge in [0.25, 0.3) is 0 Å². The highest BCUT2D eigenvalue weighted by molar-refractivity contribution is 7.89. The van der Waals surface area contributed by atoms with Gasteiger partial charge in [0.05, 0.1) is 4.90 Å². The van der Waals surface area contributed by atoms with Crippen molar-refractivity contribution in [2.24, 2.45) is 11.8 Å². The highest BCUT2D eigenvalue weighted by atomic mass is 32.2. The molecular formula is C21H25N3O3S. The molecule has 0 bridgehead atoms. The lowest BCUT2D eigenvalue weighted by Gasteiger charge is -2.39. The molecule has 2 aromatic rings. The molecular weight excluding hydrogens is 374 g/mol. The third-order valence-corrected chi connectivity index (χ3v) is 6.75. The second-order valence-corrected chi connectivity index (χ2v) is 9.48. The molecule has 2 aliphatic rings. The zero-order valence-corrected chi connectivity index (χ0v) is 16.5. The molecule has 0 atom stereocenters. The smallest absolute Gasteiger partial charge is 0.321 e. The van der Waals surface area contributed by atoms with E-state index < -0.39 is 10.0 Å². The van der Waals surface area contributed by atoms with Gasteiger partial charge in [0.1, 0.15) is 0 Å². The summed E-state index contributed by atoms with van der Waals surface area (Å²) in [5, 5.41) is 2.84. The van der Waals surface area contributed by atoms with Crippen LogP contribution in [-0.4, -0.2) is 32.4 Å². The number of likely N-dealkylation sites (tertiary alicyclic amines) is 1. The van der Waals surface area contributed by atoms with Crippen molar-refractivity contribution in [1.82, 2.24) is 9.62 Å². The average Bonchev–Trinajstić information content (AvgIpc) is 3.48. The van der Waals surface area contributed by atoms with Gasteiger partial charge in [-0.05, 0) is 48.1 Å². The Morgan fingerprint density at radius 3 is 2.29 bits per heavy atom. The van der Waals surface area contributed by atoms with Crippen LogP contribution in [0.2, 0.25) is 0 Å². The lowest BCUT2D eigenvalue weighted by atomic mass is 9.94. The summed E-state index contributed by atoms with van der Waals surface area (Å²) >= 11 is 0. The minimum Gasteiger partial charge on any atom is -0.324 e. The van der Waals surface area contributed by atoms with Crippen molar-refractivity contribution in [2.75, 3.05) is 18.4 Å². The van der Waals surface area contributed by atoms with Crippen LogP contribution in [0.15, 0.2) is 59.5 Å². The van der Waals surface area contributed by atoms with Gasteiger partial charge >= 0.3 is 6.03 Å². The molecule has 28 heavy (non-hydrogen) atoms. The van der Waals surface area contributed by atoms with Crippen LogP contribution in [-0.2, 0) is 16.6 Å². The third-order valence-electron chi connectivity index (χ3n) is 5.33. The zero-order valence-electron chi connectivity index (χ0n) is 15.7. The third kappa shape index (κ3) is 4.72. The Morgan fingerprint density at radius 2 is 1.64 bits per heavy atom. The predicted molar refractivity (Wildman–Crippen MR) is 108 cm³/mol. The maximum Gasteiger partial charge on any atom is 0.321 e. The summed E-state index contributed by atoms with van der Waals surface area (Å²) in [4.78, 5) is 14.2. The number of carbonyl (C=O) groups is 1. The molecule has 7 heteroatoms. The molecule has 1 aliphatic carbocycles. The number of benzene rings is 2. The monoisotopic (exact) mass is 399 g/mol. The van der Waals surface area contributed by atoms with Gasteiger partial charge in [-0.2, -0.15) is 0 Å². The fourth-order valence-electron chi connectivity index (χ4n) is 3.49. The maximum absolute atomic E-state index is 12.4. The van der Waals surface area contributed by atoms with Crippen molar-refractivity contribution in [1.29, 1.82) is 0 Å². The molecule has 1 saturated heterocycles. The van der Waals surface area contributed by atoms with E-state index in [2.05, 4.69) is 10.0 Å². The number of amides is 2.